The average Bonchev–Trinajstić information content (AvgIpc) is 2.75. The molecule has 0 aliphatic heterocycles. The zero-order valence-corrected chi connectivity index (χ0v) is 18.3. The van der Waals surface area contributed by atoms with Crippen LogP contribution >= 0.6 is 0 Å². The van der Waals surface area contributed by atoms with Crippen LogP contribution in [0.1, 0.15) is 0 Å². The molecule has 4 rings (SSSR count). The first-order valence-electron chi connectivity index (χ1n) is 10.1. The molecular weight excluding hydrogens is 366 g/mol. The summed E-state index contributed by atoms with van der Waals surface area (Å²) < 4.78 is 0. The Kier molecular flexibility index (Phi) is 5.37. The standard InChI is InChI=1S/C27H27NSi/c1-29(2,3)27-19-13-24(14-20-27)23-11-17-26(18-12-23)28-25-15-9-22(10-16-25)21-7-5-4-6-8-21/h4-20,28H,1-3H3. The molecule has 0 atom stereocenters. The van der Waals surface area contributed by atoms with E-state index < -0.39 is 8.07 Å². The molecule has 29 heavy (non-hydrogen) atoms. The summed E-state index contributed by atoms with van der Waals surface area (Å²) in [5, 5.41) is 4.99. The van der Waals surface area contributed by atoms with E-state index >= 15 is 0 Å². The first-order valence-corrected chi connectivity index (χ1v) is 13.6. The highest BCUT2D eigenvalue weighted by atomic mass is 28.3. The molecule has 0 aromatic heterocycles. The Hall–Kier alpha value is -3.10. The van der Waals surface area contributed by atoms with E-state index in [9.17, 15) is 0 Å². The quantitative estimate of drug-likeness (QED) is 0.350. The summed E-state index contributed by atoms with van der Waals surface area (Å²) in [5.74, 6) is 0. The van der Waals surface area contributed by atoms with Gasteiger partial charge >= 0.3 is 0 Å². The molecule has 0 bridgehead atoms. The molecule has 0 aliphatic carbocycles. The van der Waals surface area contributed by atoms with Gasteiger partial charge in [0.2, 0.25) is 0 Å². The average molecular weight is 394 g/mol. The van der Waals surface area contributed by atoms with Gasteiger partial charge in [0.25, 0.3) is 0 Å². The third-order valence-electron chi connectivity index (χ3n) is 5.25. The van der Waals surface area contributed by atoms with Crippen LogP contribution in [0.15, 0.2) is 103 Å². The summed E-state index contributed by atoms with van der Waals surface area (Å²) >= 11 is 0. The van der Waals surface area contributed by atoms with E-state index in [1.165, 1.54) is 27.4 Å². The van der Waals surface area contributed by atoms with Gasteiger partial charge in [0, 0.05) is 11.4 Å². The molecule has 0 radical (unpaired) electrons. The van der Waals surface area contributed by atoms with Gasteiger partial charge in [-0.3, -0.25) is 0 Å². The van der Waals surface area contributed by atoms with Crippen LogP contribution in [0.25, 0.3) is 22.3 Å². The van der Waals surface area contributed by atoms with E-state index in [0.717, 1.165) is 11.4 Å². The second kappa shape index (κ2) is 8.10. The van der Waals surface area contributed by atoms with Crippen LogP contribution < -0.4 is 10.5 Å². The lowest BCUT2D eigenvalue weighted by Crippen LogP contribution is -2.37. The summed E-state index contributed by atoms with van der Waals surface area (Å²) in [7, 11) is -1.25. The minimum atomic E-state index is -1.25. The molecular formula is C27H27NSi. The number of rotatable bonds is 5. The third-order valence-corrected chi connectivity index (χ3v) is 7.32. The number of hydrogen-bond donors (Lipinski definition) is 1. The summed E-state index contributed by atoms with van der Waals surface area (Å²) in [6.45, 7) is 7.15. The highest BCUT2D eigenvalue weighted by Crippen LogP contribution is 2.25. The summed E-state index contributed by atoms with van der Waals surface area (Å²) in [5.41, 5.74) is 7.18. The van der Waals surface area contributed by atoms with Crippen LogP contribution in [0.3, 0.4) is 0 Å². The van der Waals surface area contributed by atoms with Gasteiger partial charge in [-0.25, -0.2) is 0 Å². The Morgan fingerprint density at radius 3 is 1.24 bits per heavy atom. The van der Waals surface area contributed by atoms with Gasteiger partial charge < -0.3 is 5.32 Å². The third kappa shape index (κ3) is 4.66. The van der Waals surface area contributed by atoms with Gasteiger partial charge in [-0.1, -0.05) is 104 Å². The van der Waals surface area contributed by atoms with Gasteiger partial charge in [0.05, 0.1) is 8.07 Å². The Bertz CT molecular complexity index is 1060. The van der Waals surface area contributed by atoms with Gasteiger partial charge in [-0.05, 0) is 46.5 Å². The maximum atomic E-state index is 3.50. The zero-order valence-electron chi connectivity index (χ0n) is 17.3. The van der Waals surface area contributed by atoms with E-state index in [0.29, 0.717) is 0 Å². The van der Waals surface area contributed by atoms with Gasteiger partial charge in [0.1, 0.15) is 0 Å². The lowest BCUT2D eigenvalue weighted by atomic mass is 10.0. The molecule has 4 aromatic carbocycles. The van der Waals surface area contributed by atoms with Crippen LogP contribution in [0, 0.1) is 0 Å². The van der Waals surface area contributed by atoms with E-state index in [1.54, 1.807) is 0 Å². The first kappa shape index (κ1) is 19.2. The predicted octanol–water partition coefficient (Wildman–Crippen LogP) is 7.31. The molecule has 144 valence electrons. The Morgan fingerprint density at radius 1 is 0.448 bits per heavy atom. The molecule has 0 heterocycles. The smallest absolute Gasteiger partial charge is 0.0775 e. The molecule has 2 heteroatoms. The molecule has 0 saturated heterocycles. The zero-order chi connectivity index (χ0) is 20.3. The van der Waals surface area contributed by atoms with Crippen LogP contribution in [0.2, 0.25) is 19.6 Å². The van der Waals surface area contributed by atoms with Crippen LogP contribution in [0.5, 0.6) is 0 Å². The van der Waals surface area contributed by atoms with Gasteiger partial charge in [0.15, 0.2) is 0 Å². The second-order valence-corrected chi connectivity index (χ2v) is 13.6. The van der Waals surface area contributed by atoms with Gasteiger partial charge in [-0.15, -0.1) is 0 Å². The monoisotopic (exact) mass is 393 g/mol. The predicted molar refractivity (Wildman–Crippen MR) is 130 cm³/mol. The fraction of sp³-hybridized carbons (Fsp3) is 0.111. The van der Waals surface area contributed by atoms with Crippen molar-refractivity contribution in [2.45, 2.75) is 19.6 Å². The van der Waals surface area contributed by atoms with Crippen molar-refractivity contribution in [3.63, 3.8) is 0 Å². The van der Waals surface area contributed by atoms with E-state index in [2.05, 4.69) is 122 Å². The van der Waals surface area contributed by atoms with Crippen molar-refractivity contribution in [1.82, 2.24) is 0 Å². The van der Waals surface area contributed by atoms with Crippen molar-refractivity contribution in [3.05, 3.63) is 103 Å². The maximum absolute atomic E-state index is 3.50. The van der Waals surface area contributed by atoms with Crippen molar-refractivity contribution < 1.29 is 0 Å². The van der Waals surface area contributed by atoms with Crippen molar-refractivity contribution >= 4 is 24.6 Å². The van der Waals surface area contributed by atoms with Crippen LogP contribution in [-0.4, -0.2) is 8.07 Å². The lowest BCUT2D eigenvalue weighted by molar-refractivity contribution is 1.53. The molecule has 1 nitrogen and oxygen atoms in total. The van der Waals surface area contributed by atoms with Crippen molar-refractivity contribution in [3.8, 4) is 22.3 Å². The summed E-state index contributed by atoms with van der Waals surface area (Å²) in [4.78, 5) is 0. The molecule has 1 N–H and O–H groups in total. The molecule has 0 amide bonds. The topological polar surface area (TPSA) is 12.0 Å². The maximum Gasteiger partial charge on any atom is 0.0775 e. The Morgan fingerprint density at radius 2 is 0.828 bits per heavy atom. The highest BCUT2D eigenvalue weighted by Gasteiger charge is 2.15. The second-order valence-electron chi connectivity index (χ2n) is 8.47. The number of nitrogens with one attached hydrogen (secondary N) is 1. The molecule has 0 spiro atoms. The van der Waals surface area contributed by atoms with Crippen LogP contribution in [0.4, 0.5) is 11.4 Å². The van der Waals surface area contributed by atoms with Crippen molar-refractivity contribution in [1.29, 1.82) is 0 Å². The van der Waals surface area contributed by atoms with Crippen LogP contribution in [-0.2, 0) is 0 Å². The highest BCUT2D eigenvalue weighted by molar-refractivity contribution is 6.88. The minimum Gasteiger partial charge on any atom is -0.356 e. The fourth-order valence-corrected chi connectivity index (χ4v) is 4.62. The molecule has 4 aromatic rings. The van der Waals surface area contributed by atoms with Crippen molar-refractivity contribution in [2.75, 3.05) is 5.32 Å². The first-order chi connectivity index (χ1) is 14.0. The van der Waals surface area contributed by atoms with E-state index in [-0.39, 0.29) is 0 Å². The molecule has 0 fully saturated rings. The van der Waals surface area contributed by atoms with E-state index in [4.69, 9.17) is 0 Å². The normalized spacial score (nSPS) is 11.3. The Balaban J connectivity index is 1.46. The summed E-state index contributed by atoms with van der Waals surface area (Å²) in [6, 6.07) is 36.8. The molecule has 0 aliphatic rings. The number of anilines is 2. The minimum absolute atomic E-state index is 1.09. The lowest BCUT2D eigenvalue weighted by Gasteiger charge is -2.17. The fourth-order valence-electron chi connectivity index (χ4n) is 3.45. The number of benzene rings is 4. The molecule has 0 saturated carbocycles. The SMILES string of the molecule is C[Si](C)(C)c1ccc(-c2ccc(Nc3ccc(-c4ccccc4)cc3)cc2)cc1. The summed E-state index contributed by atoms with van der Waals surface area (Å²) in [6.07, 6.45) is 0. The Labute approximate surface area is 175 Å². The largest absolute Gasteiger partial charge is 0.356 e. The van der Waals surface area contributed by atoms with Crippen molar-refractivity contribution in [2.24, 2.45) is 0 Å². The number of hydrogen-bond acceptors (Lipinski definition) is 1. The molecule has 0 unspecified atom stereocenters. The van der Waals surface area contributed by atoms with E-state index in [1.807, 2.05) is 6.07 Å². The van der Waals surface area contributed by atoms with Gasteiger partial charge in [-0.2, -0.15) is 0 Å².